The number of nitriles is 1. The van der Waals surface area contributed by atoms with Gasteiger partial charge >= 0.3 is 0 Å². The molecule has 0 radical (unpaired) electrons. The number of aromatic nitrogens is 2. The summed E-state index contributed by atoms with van der Waals surface area (Å²) in [6.07, 6.45) is 9.59. The molecule has 0 bridgehead atoms. The van der Waals surface area contributed by atoms with E-state index >= 15 is 0 Å². The molecule has 1 atom stereocenters. The van der Waals surface area contributed by atoms with Crippen molar-refractivity contribution in [2.75, 3.05) is 6.54 Å². The monoisotopic (exact) mass is 202 g/mol. The lowest BCUT2D eigenvalue weighted by Crippen LogP contribution is -2.22. The standard InChI is InChI=1S/C11H14N4/c1-3-5-14-10(7-12)11-8-13-9-15(11)6-4-2/h1,8-10,14H,4-6H2,2H3. The number of nitrogens with zero attached hydrogens (tertiary/aromatic N) is 3. The summed E-state index contributed by atoms with van der Waals surface area (Å²) in [7, 11) is 0. The van der Waals surface area contributed by atoms with Gasteiger partial charge in [0.05, 0.1) is 30.8 Å². The maximum absolute atomic E-state index is 8.99. The number of hydrogen-bond acceptors (Lipinski definition) is 3. The van der Waals surface area contributed by atoms with Crippen molar-refractivity contribution in [1.29, 1.82) is 5.26 Å². The summed E-state index contributed by atoms with van der Waals surface area (Å²) < 4.78 is 1.97. The molecule has 1 heterocycles. The first-order valence-electron chi connectivity index (χ1n) is 4.90. The minimum Gasteiger partial charge on any atom is -0.332 e. The van der Waals surface area contributed by atoms with Crippen LogP contribution in [-0.4, -0.2) is 16.1 Å². The highest BCUT2D eigenvalue weighted by Crippen LogP contribution is 2.11. The number of nitrogens with one attached hydrogen (secondary N) is 1. The second kappa shape index (κ2) is 5.85. The zero-order valence-electron chi connectivity index (χ0n) is 8.77. The molecular formula is C11H14N4. The van der Waals surface area contributed by atoms with Gasteiger partial charge in [-0.15, -0.1) is 6.42 Å². The van der Waals surface area contributed by atoms with E-state index in [0.29, 0.717) is 6.54 Å². The molecule has 1 aromatic heterocycles. The molecule has 0 amide bonds. The van der Waals surface area contributed by atoms with Gasteiger partial charge in [0, 0.05) is 6.54 Å². The molecule has 0 fully saturated rings. The zero-order valence-corrected chi connectivity index (χ0v) is 8.77. The average Bonchev–Trinajstić information content (AvgIpc) is 2.68. The third-order valence-electron chi connectivity index (χ3n) is 2.04. The van der Waals surface area contributed by atoms with Crippen molar-refractivity contribution in [1.82, 2.24) is 14.9 Å². The SMILES string of the molecule is C#CCNC(C#N)c1cncn1CCC. The first-order valence-corrected chi connectivity index (χ1v) is 4.90. The summed E-state index contributed by atoms with van der Waals surface area (Å²) in [5.74, 6) is 2.45. The van der Waals surface area contributed by atoms with Crippen LogP contribution in [-0.2, 0) is 6.54 Å². The van der Waals surface area contributed by atoms with E-state index < -0.39 is 0 Å². The van der Waals surface area contributed by atoms with E-state index in [2.05, 4.69) is 29.2 Å². The van der Waals surface area contributed by atoms with Gasteiger partial charge in [0.25, 0.3) is 0 Å². The predicted molar refractivity (Wildman–Crippen MR) is 57.7 cm³/mol. The van der Waals surface area contributed by atoms with Crippen LogP contribution in [0.2, 0.25) is 0 Å². The summed E-state index contributed by atoms with van der Waals surface area (Å²) >= 11 is 0. The van der Waals surface area contributed by atoms with Gasteiger partial charge in [-0.3, -0.25) is 5.32 Å². The molecule has 4 nitrogen and oxygen atoms in total. The van der Waals surface area contributed by atoms with Gasteiger partial charge in [-0.1, -0.05) is 12.8 Å². The molecule has 78 valence electrons. The lowest BCUT2D eigenvalue weighted by atomic mass is 10.2. The summed E-state index contributed by atoms with van der Waals surface area (Å²) in [6.45, 7) is 3.33. The van der Waals surface area contributed by atoms with Crippen molar-refractivity contribution in [3.05, 3.63) is 18.2 Å². The largest absolute Gasteiger partial charge is 0.332 e. The lowest BCUT2D eigenvalue weighted by Gasteiger charge is -2.11. The Labute approximate surface area is 89.9 Å². The molecule has 1 N–H and O–H groups in total. The van der Waals surface area contributed by atoms with Gasteiger partial charge in [0.2, 0.25) is 0 Å². The molecule has 15 heavy (non-hydrogen) atoms. The third kappa shape index (κ3) is 2.83. The van der Waals surface area contributed by atoms with E-state index in [-0.39, 0.29) is 6.04 Å². The molecule has 0 saturated carbocycles. The van der Waals surface area contributed by atoms with Crippen LogP contribution in [0.25, 0.3) is 0 Å². The van der Waals surface area contributed by atoms with Crippen LogP contribution in [0.5, 0.6) is 0 Å². The van der Waals surface area contributed by atoms with E-state index in [1.165, 1.54) is 0 Å². The van der Waals surface area contributed by atoms with Crippen molar-refractivity contribution >= 4 is 0 Å². The van der Waals surface area contributed by atoms with Crippen LogP contribution < -0.4 is 5.32 Å². The summed E-state index contributed by atoms with van der Waals surface area (Å²) in [5, 5.41) is 12.0. The fraction of sp³-hybridized carbons (Fsp3) is 0.455. The molecule has 1 rings (SSSR count). The van der Waals surface area contributed by atoms with Crippen LogP contribution >= 0.6 is 0 Å². The Morgan fingerprint density at radius 2 is 2.53 bits per heavy atom. The summed E-state index contributed by atoms with van der Waals surface area (Å²) in [5.41, 5.74) is 0.870. The summed E-state index contributed by atoms with van der Waals surface area (Å²) in [6, 6.07) is 1.79. The van der Waals surface area contributed by atoms with Crippen LogP contribution in [0, 0.1) is 23.7 Å². The van der Waals surface area contributed by atoms with Gasteiger partial charge in [-0.2, -0.15) is 5.26 Å². The summed E-state index contributed by atoms with van der Waals surface area (Å²) in [4.78, 5) is 4.04. The minimum absolute atomic E-state index is 0.380. The van der Waals surface area contributed by atoms with Crippen LogP contribution in [0.4, 0.5) is 0 Å². The number of aryl methyl sites for hydroxylation is 1. The molecule has 0 saturated heterocycles. The van der Waals surface area contributed by atoms with Gasteiger partial charge in [0.1, 0.15) is 6.04 Å². The minimum atomic E-state index is -0.380. The molecule has 0 aliphatic rings. The van der Waals surface area contributed by atoms with Crippen LogP contribution in [0.3, 0.4) is 0 Å². The highest BCUT2D eigenvalue weighted by atomic mass is 15.1. The number of rotatable bonds is 5. The van der Waals surface area contributed by atoms with Gasteiger partial charge in [-0.05, 0) is 6.42 Å². The fourth-order valence-corrected chi connectivity index (χ4v) is 1.38. The Hall–Kier alpha value is -1.78. The van der Waals surface area contributed by atoms with Gasteiger partial charge in [-0.25, -0.2) is 4.98 Å². The molecule has 0 aliphatic heterocycles. The Balaban J connectivity index is 2.78. The molecule has 1 aromatic rings. The maximum atomic E-state index is 8.99. The predicted octanol–water partition coefficient (Wildman–Crippen LogP) is 1.08. The first kappa shape index (κ1) is 11.3. The van der Waals surface area contributed by atoms with Crippen LogP contribution in [0.1, 0.15) is 25.1 Å². The van der Waals surface area contributed by atoms with Gasteiger partial charge < -0.3 is 4.57 Å². The number of terminal acetylenes is 1. The molecule has 0 spiro atoms. The topological polar surface area (TPSA) is 53.6 Å². The first-order chi connectivity index (χ1) is 7.33. The quantitative estimate of drug-likeness (QED) is 0.727. The molecule has 1 unspecified atom stereocenters. The van der Waals surface area contributed by atoms with E-state index in [1.807, 2.05) is 4.57 Å². The highest BCUT2D eigenvalue weighted by molar-refractivity contribution is 5.14. The van der Waals surface area contributed by atoms with Crippen molar-refractivity contribution < 1.29 is 0 Å². The van der Waals surface area contributed by atoms with Crippen molar-refractivity contribution in [2.24, 2.45) is 0 Å². The molecule has 4 heteroatoms. The fourth-order valence-electron chi connectivity index (χ4n) is 1.38. The van der Waals surface area contributed by atoms with E-state index in [9.17, 15) is 0 Å². The van der Waals surface area contributed by atoms with Gasteiger partial charge in [0.15, 0.2) is 0 Å². The van der Waals surface area contributed by atoms with Crippen molar-refractivity contribution in [3.8, 4) is 18.4 Å². The normalized spacial score (nSPS) is 11.7. The number of hydrogen-bond donors (Lipinski definition) is 1. The Kier molecular flexibility index (Phi) is 4.40. The zero-order chi connectivity index (χ0) is 11.1. The second-order valence-corrected chi connectivity index (χ2v) is 3.16. The van der Waals surface area contributed by atoms with E-state index in [0.717, 1.165) is 18.7 Å². The Morgan fingerprint density at radius 1 is 1.73 bits per heavy atom. The average molecular weight is 202 g/mol. The van der Waals surface area contributed by atoms with Crippen molar-refractivity contribution in [2.45, 2.75) is 25.9 Å². The van der Waals surface area contributed by atoms with Crippen LogP contribution in [0.15, 0.2) is 12.5 Å². The van der Waals surface area contributed by atoms with Crippen molar-refractivity contribution in [3.63, 3.8) is 0 Å². The maximum Gasteiger partial charge on any atom is 0.138 e. The smallest absolute Gasteiger partial charge is 0.138 e. The Morgan fingerprint density at radius 3 is 3.13 bits per heavy atom. The Bertz CT molecular complexity index is 380. The van der Waals surface area contributed by atoms with E-state index in [1.54, 1.807) is 12.5 Å². The molecule has 0 aliphatic carbocycles. The molecular weight excluding hydrogens is 188 g/mol. The lowest BCUT2D eigenvalue weighted by molar-refractivity contribution is 0.587. The van der Waals surface area contributed by atoms with E-state index in [4.69, 9.17) is 11.7 Å². The molecule has 0 aromatic carbocycles. The third-order valence-corrected chi connectivity index (χ3v) is 2.04. The second-order valence-electron chi connectivity index (χ2n) is 3.16. The highest BCUT2D eigenvalue weighted by Gasteiger charge is 2.13. The number of imidazole rings is 1.